The molecule has 0 amide bonds. The number of para-hydroxylation sites is 1. The summed E-state index contributed by atoms with van der Waals surface area (Å²) in [7, 11) is -0.835. The van der Waals surface area contributed by atoms with E-state index in [1.807, 2.05) is 6.07 Å². The first-order chi connectivity index (χ1) is 12.0. The van der Waals surface area contributed by atoms with E-state index in [2.05, 4.69) is 88.0 Å². The maximum Gasteiger partial charge on any atom is 0.135 e. The molecule has 1 radical (unpaired) electrons. The molecule has 0 bridgehead atoms. The van der Waals surface area contributed by atoms with Gasteiger partial charge >= 0.3 is 0 Å². The van der Waals surface area contributed by atoms with Crippen LogP contribution in [-0.2, 0) is 5.41 Å². The van der Waals surface area contributed by atoms with E-state index in [4.69, 9.17) is 4.42 Å². The summed E-state index contributed by atoms with van der Waals surface area (Å²) in [5.74, 6) is 0. The molecule has 0 fully saturated rings. The first-order valence-corrected chi connectivity index (χ1v) is 10.8. The summed E-state index contributed by atoms with van der Waals surface area (Å²) in [6.45, 7) is 9.34. The highest BCUT2D eigenvalue weighted by Gasteiger charge is 2.27. The van der Waals surface area contributed by atoms with E-state index in [0.717, 1.165) is 11.2 Å². The average molecular weight is 344 g/mol. The van der Waals surface area contributed by atoms with Crippen molar-refractivity contribution in [2.24, 2.45) is 0 Å². The van der Waals surface area contributed by atoms with Crippen molar-refractivity contribution in [3.05, 3.63) is 72.3 Å². The van der Waals surface area contributed by atoms with E-state index in [-0.39, 0.29) is 5.41 Å². The van der Waals surface area contributed by atoms with Crippen LogP contribution in [0, 0.1) is 0 Å². The number of fused-ring (bicyclic) bond motifs is 3. The summed E-state index contributed by atoms with van der Waals surface area (Å²) in [5, 5.41) is 5.46. The Balaban J connectivity index is 2.06. The Morgan fingerprint density at radius 2 is 1.44 bits per heavy atom. The number of hydrogen-bond donors (Lipinski definition) is 0. The van der Waals surface area contributed by atoms with Crippen molar-refractivity contribution in [3.63, 3.8) is 0 Å². The zero-order valence-corrected chi connectivity index (χ0v) is 16.3. The molecule has 0 saturated carbocycles. The number of rotatable bonds is 2. The standard InChI is InChI=1S/C23H23OSi/c1-23(2,3)22-20(25(4)16-10-6-5-7-11-16)15-14-19-21(22)17-12-8-9-13-18(17)24-19/h5-15H,1-4H3. The van der Waals surface area contributed by atoms with Crippen LogP contribution in [0.3, 0.4) is 0 Å². The number of benzene rings is 3. The maximum atomic E-state index is 6.14. The minimum absolute atomic E-state index is 0.0577. The predicted octanol–water partition coefficient (Wildman–Crippen LogP) is 5.12. The second-order valence-electron chi connectivity index (χ2n) is 7.70. The van der Waals surface area contributed by atoms with Gasteiger partial charge in [0.2, 0.25) is 0 Å². The number of hydrogen-bond acceptors (Lipinski definition) is 1. The van der Waals surface area contributed by atoms with Gasteiger partial charge in [0, 0.05) is 10.8 Å². The van der Waals surface area contributed by atoms with E-state index < -0.39 is 8.80 Å². The molecular weight excluding hydrogens is 320 g/mol. The molecule has 0 aliphatic heterocycles. The van der Waals surface area contributed by atoms with Crippen LogP contribution in [0.5, 0.6) is 0 Å². The fraction of sp³-hybridized carbons (Fsp3) is 0.217. The third-order valence-corrected chi connectivity index (χ3v) is 7.33. The fourth-order valence-electron chi connectivity index (χ4n) is 3.75. The van der Waals surface area contributed by atoms with Gasteiger partial charge in [0.05, 0.1) is 0 Å². The molecule has 1 heterocycles. The predicted molar refractivity (Wildman–Crippen MR) is 110 cm³/mol. The first kappa shape index (κ1) is 16.2. The van der Waals surface area contributed by atoms with Gasteiger partial charge in [-0.15, -0.1) is 0 Å². The van der Waals surface area contributed by atoms with E-state index in [1.54, 1.807) is 0 Å². The van der Waals surface area contributed by atoms with Crippen LogP contribution in [0.2, 0.25) is 6.55 Å². The Bertz CT molecular complexity index is 1040. The highest BCUT2D eigenvalue weighted by Crippen LogP contribution is 2.36. The summed E-state index contributed by atoms with van der Waals surface area (Å²) in [6, 6.07) is 23.8. The highest BCUT2D eigenvalue weighted by molar-refractivity contribution is 6.84. The van der Waals surface area contributed by atoms with Crippen molar-refractivity contribution < 1.29 is 4.42 Å². The summed E-state index contributed by atoms with van der Waals surface area (Å²) in [5.41, 5.74) is 3.47. The third-order valence-electron chi connectivity index (χ3n) is 4.90. The molecule has 1 aromatic heterocycles. The molecular formula is C23H23OSi. The lowest BCUT2D eigenvalue weighted by molar-refractivity contribution is 0.598. The van der Waals surface area contributed by atoms with Crippen LogP contribution < -0.4 is 10.4 Å². The lowest BCUT2D eigenvalue weighted by Gasteiger charge is -2.26. The first-order valence-electron chi connectivity index (χ1n) is 8.81. The molecule has 25 heavy (non-hydrogen) atoms. The molecule has 0 aliphatic carbocycles. The van der Waals surface area contributed by atoms with Gasteiger partial charge in [-0.05, 0) is 23.1 Å². The third kappa shape index (κ3) is 2.71. The minimum Gasteiger partial charge on any atom is -0.456 e. The Morgan fingerprint density at radius 1 is 0.760 bits per heavy atom. The minimum atomic E-state index is -0.835. The maximum absolute atomic E-state index is 6.14. The zero-order chi connectivity index (χ0) is 17.6. The van der Waals surface area contributed by atoms with Crippen molar-refractivity contribution in [2.45, 2.75) is 32.7 Å². The van der Waals surface area contributed by atoms with Gasteiger partial charge in [0.25, 0.3) is 0 Å². The molecule has 2 heteroatoms. The molecule has 0 saturated heterocycles. The topological polar surface area (TPSA) is 13.1 Å². The van der Waals surface area contributed by atoms with E-state index >= 15 is 0 Å². The van der Waals surface area contributed by atoms with E-state index in [9.17, 15) is 0 Å². The van der Waals surface area contributed by atoms with Crippen LogP contribution in [0.4, 0.5) is 0 Å². The summed E-state index contributed by atoms with van der Waals surface area (Å²) in [4.78, 5) is 0. The van der Waals surface area contributed by atoms with Crippen molar-refractivity contribution in [1.29, 1.82) is 0 Å². The monoisotopic (exact) mass is 343 g/mol. The van der Waals surface area contributed by atoms with Crippen LogP contribution in [0.25, 0.3) is 21.9 Å². The van der Waals surface area contributed by atoms with Crippen LogP contribution in [0.15, 0.2) is 71.1 Å². The second-order valence-corrected chi connectivity index (χ2v) is 10.1. The van der Waals surface area contributed by atoms with Gasteiger partial charge in [-0.25, -0.2) is 0 Å². The normalized spacial score (nSPS) is 12.4. The van der Waals surface area contributed by atoms with Crippen molar-refractivity contribution >= 4 is 41.1 Å². The van der Waals surface area contributed by atoms with Crippen LogP contribution >= 0.6 is 0 Å². The molecule has 3 aromatic carbocycles. The molecule has 0 spiro atoms. The Hall–Kier alpha value is -2.32. The van der Waals surface area contributed by atoms with Crippen LogP contribution in [-0.4, -0.2) is 8.80 Å². The molecule has 4 aromatic rings. The quantitative estimate of drug-likeness (QED) is 0.460. The van der Waals surface area contributed by atoms with Crippen LogP contribution in [0.1, 0.15) is 26.3 Å². The highest BCUT2D eigenvalue weighted by atomic mass is 28.3. The summed E-state index contributed by atoms with van der Waals surface area (Å²) >= 11 is 0. The second kappa shape index (κ2) is 5.89. The zero-order valence-electron chi connectivity index (χ0n) is 15.3. The van der Waals surface area contributed by atoms with Gasteiger partial charge in [0.15, 0.2) is 0 Å². The molecule has 4 rings (SSSR count). The fourth-order valence-corrected chi connectivity index (χ4v) is 5.96. The van der Waals surface area contributed by atoms with E-state index in [1.165, 1.54) is 26.7 Å². The lowest BCUT2D eigenvalue weighted by atomic mass is 9.84. The Kier molecular flexibility index (Phi) is 3.81. The van der Waals surface area contributed by atoms with Crippen molar-refractivity contribution in [2.75, 3.05) is 0 Å². The smallest absolute Gasteiger partial charge is 0.135 e. The van der Waals surface area contributed by atoms with Gasteiger partial charge in [-0.1, -0.05) is 92.3 Å². The largest absolute Gasteiger partial charge is 0.456 e. The number of furan rings is 1. The SMILES string of the molecule is C[Si](c1ccccc1)c1ccc2oc3ccccc3c2c1C(C)(C)C. The Morgan fingerprint density at radius 3 is 2.16 bits per heavy atom. The van der Waals surface area contributed by atoms with Crippen molar-refractivity contribution in [1.82, 2.24) is 0 Å². The Labute approximate surface area is 150 Å². The summed E-state index contributed by atoms with van der Waals surface area (Å²) in [6.07, 6.45) is 0. The van der Waals surface area contributed by atoms with Gasteiger partial charge in [-0.2, -0.15) is 0 Å². The molecule has 0 N–H and O–H groups in total. The molecule has 0 atom stereocenters. The summed E-state index contributed by atoms with van der Waals surface area (Å²) < 4.78 is 6.14. The van der Waals surface area contributed by atoms with Gasteiger partial charge < -0.3 is 4.42 Å². The van der Waals surface area contributed by atoms with Gasteiger partial charge in [0.1, 0.15) is 20.0 Å². The van der Waals surface area contributed by atoms with Gasteiger partial charge in [-0.3, -0.25) is 0 Å². The lowest BCUT2D eigenvalue weighted by Crippen LogP contribution is -2.43. The van der Waals surface area contributed by atoms with E-state index in [0.29, 0.717) is 0 Å². The molecule has 0 unspecified atom stereocenters. The molecule has 0 aliphatic rings. The molecule has 1 nitrogen and oxygen atoms in total. The average Bonchev–Trinajstić information content (AvgIpc) is 2.98. The molecule has 125 valence electrons. The van der Waals surface area contributed by atoms with Crippen molar-refractivity contribution in [3.8, 4) is 0 Å².